The maximum absolute atomic E-state index is 13.0. The molecule has 0 bridgehead atoms. The predicted octanol–water partition coefficient (Wildman–Crippen LogP) is 3.83. The van der Waals surface area contributed by atoms with Crippen molar-refractivity contribution in [3.05, 3.63) is 22.8 Å². The Balaban J connectivity index is 1.90. The van der Waals surface area contributed by atoms with Crippen LogP contribution in [0.15, 0.2) is 28.0 Å². The second-order valence-corrected chi connectivity index (χ2v) is 8.24. The largest absolute Gasteiger partial charge is 0.396 e. The molecular formula is C22H29NO4. The number of carbonyl (C=O) groups is 3. The highest BCUT2D eigenvalue weighted by Crippen LogP contribution is 2.63. The summed E-state index contributed by atoms with van der Waals surface area (Å²) in [5, 5.41) is 4.03. The molecule has 0 aromatic carbocycles. The Labute approximate surface area is 160 Å². The lowest BCUT2D eigenvalue weighted by atomic mass is 9.45. The minimum atomic E-state index is -0.767. The molecule has 0 aromatic rings. The molecule has 27 heavy (non-hydrogen) atoms. The van der Waals surface area contributed by atoms with E-state index >= 15 is 0 Å². The average Bonchev–Trinajstić information content (AvgIpc) is 2.55. The summed E-state index contributed by atoms with van der Waals surface area (Å²) in [6.07, 6.45) is 4.04. The average molecular weight is 371 g/mol. The molecule has 3 aliphatic rings. The summed E-state index contributed by atoms with van der Waals surface area (Å²) in [7, 11) is 0. The topological polar surface area (TPSA) is 72.8 Å². The number of ketones is 3. The van der Waals surface area contributed by atoms with Crippen LogP contribution < -0.4 is 0 Å². The van der Waals surface area contributed by atoms with Crippen molar-refractivity contribution in [2.45, 2.75) is 60.3 Å². The van der Waals surface area contributed by atoms with Crippen LogP contribution in [0.1, 0.15) is 60.3 Å². The first-order valence-corrected chi connectivity index (χ1v) is 9.89. The number of hydrogen-bond acceptors (Lipinski definition) is 5. The van der Waals surface area contributed by atoms with E-state index in [0.717, 1.165) is 23.1 Å². The van der Waals surface area contributed by atoms with Crippen molar-refractivity contribution < 1.29 is 19.2 Å². The highest BCUT2D eigenvalue weighted by atomic mass is 16.6. The third-order valence-electron chi connectivity index (χ3n) is 6.43. The number of allylic oxidation sites excluding steroid dienone is 4. The maximum Gasteiger partial charge on any atom is 0.150 e. The minimum Gasteiger partial charge on any atom is -0.396 e. The van der Waals surface area contributed by atoms with Crippen LogP contribution in [-0.4, -0.2) is 29.7 Å². The van der Waals surface area contributed by atoms with E-state index in [2.05, 4.69) is 11.2 Å². The molecule has 0 heterocycles. The van der Waals surface area contributed by atoms with E-state index in [9.17, 15) is 14.4 Å². The molecule has 2 fully saturated rings. The van der Waals surface area contributed by atoms with Gasteiger partial charge in [0, 0.05) is 24.2 Å². The quantitative estimate of drug-likeness (QED) is 0.418. The highest BCUT2D eigenvalue weighted by molar-refractivity contribution is 6.22. The molecule has 0 aliphatic heterocycles. The standard InChI is InChI=1S/C22H29NO4/c1-6-16(23-27-7-2)20-17(25)10-22(11-18(20)26)9-15-19(14(5)24)12(3)8-13(4)21(15)22/h8,15,19-20H,6-7,9-11H2,1-5H3. The first kappa shape index (κ1) is 19.7. The van der Waals surface area contributed by atoms with Gasteiger partial charge in [-0.3, -0.25) is 14.4 Å². The number of oxime groups is 1. The van der Waals surface area contributed by atoms with Gasteiger partial charge in [-0.25, -0.2) is 0 Å². The zero-order valence-corrected chi connectivity index (χ0v) is 16.9. The van der Waals surface area contributed by atoms with Gasteiger partial charge in [-0.1, -0.05) is 34.9 Å². The van der Waals surface area contributed by atoms with Crippen molar-refractivity contribution in [3.8, 4) is 0 Å². The Bertz CT molecular complexity index is 768. The van der Waals surface area contributed by atoms with Crippen LogP contribution in [0.25, 0.3) is 0 Å². The molecule has 2 atom stereocenters. The molecule has 3 rings (SSSR count). The number of fused-ring (bicyclic) bond motifs is 2. The van der Waals surface area contributed by atoms with Crippen LogP contribution in [0.2, 0.25) is 0 Å². The van der Waals surface area contributed by atoms with E-state index in [1.165, 1.54) is 0 Å². The first-order chi connectivity index (χ1) is 12.8. The van der Waals surface area contributed by atoms with E-state index in [1.54, 1.807) is 6.92 Å². The summed E-state index contributed by atoms with van der Waals surface area (Å²) in [5.41, 5.74) is 3.51. The van der Waals surface area contributed by atoms with Gasteiger partial charge in [0.25, 0.3) is 0 Å². The Kier molecular flexibility index (Phi) is 5.24. The van der Waals surface area contributed by atoms with Gasteiger partial charge < -0.3 is 4.84 Å². The van der Waals surface area contributed by atoms with Gasteiger partial charge in [-0.05, 0) is 46.5 Å². The number of carbonyl (C=O) groups excluding carboxylic acids is 3. The molecular weight excluding hydrogens is 342 g/mol. The number of rotatable bonds is 5. The minimum absolute atomic E-state index is 0.0593. The van der Waals surface area contributed by atoms with Crippen LogP contribution in [0.4, 0.5) is 0 Å². The molecule has 1 spiro atoms. The summed E-state index contributed by atoms with van der Waals surface area (Å²) < 4.78 is 0. The summed E-state index contributed by atoms with van der Waals surface area (Å²) in [4.78, 5) is 43.2. The Hall–Kier alpha value is -2.04. The zero-order chi connectivity index (χ0) is 19.9. The molecule has 2 saturated carbocycles. The zero-order valence-electron chi connectivity index (χ0n) is 16.9. The fourth-order valence-electron chi connectivity index (χ4n) is 5.61. The van der Waals surface area contributed by atoms with Crippen molar-refractivity contribution >= 4 is 23.1 Å². The van der Waals surface area contributed by atoms with Gasteiger partial charge in [0.05, 0.1) is 5.71 Å². The van der Waals surface area contributed by atoms with Gasteiger partial charge in [0.1, 0.15) is 29.9 Å². The van der Waals surface area contributed by atoms with E-state index in [1.807, 2.05) is 27.7 Å². The summed E-state index contributed by atoms with van der Waals surface area (Å²) in [5.74, 6) is -0.684. The smallest absolute Gasteiger partial charge is 0.150 e. The molecule has 0 saturated heterocycles. The Morgan fingerprint density at radius 2 is 1.85 bits per heavy atom. The molecule has 5 nitrogen and oxygen atoms in total. The predicted molar refractivity (Wildman–Crippen MR) is 103 cm³/mol. The second kappa shape index (κ2) is 7.17. The fraction of sp³-hybridized carbons (Fsp3) is 0.636. The fourth-order valence-corrected chi connectivity index (χ4v) is 5.61. The Morgan fingerprint density at radius 1 is 1.22 bits per heavy atom. The number of Topliss-reactive ketones (excluding diaryl/α,β-unsaturated/α-hetero) is 3. The summed E-state index contributed by atoms with van der Waals surface area (Å²) in [6.45, 7) is 9.80. The molecule has 146 valence electrons. The van der Waals surface area contributed by atoms with Crippen LogP contribution in [-0.2, 0) is 19.2 Å². The molecule has 0 N–H and O–H groups in total. The van der Waals surface area contributed by atoms with Crippen molar-refractivity contribution in [2.24, 2.45) is 28.3 Å². The second-order valence-electron chi connectivity index (χ2n) is 8.24. The van der Waals surface area contributed by atoms with Crippen molar-refractivity contribution in [2.75, 3.05) is 6.61 Å². The van der Waals surface area contributed by atoms with Gasteiger partial charge >= 0.3 is 0 Å². The van der Waals surface area contributed by atoms with Gasteiger partial charge in [0.2, 0.25) is 0 Å². The third-order valence-corrected chi connectivity index (χ3v) is 6.43. The molecule has 0 amide bonds. The SMILES string of the molecule is CCON=C(CC)C1C(=O)CC2(CC1=O)CC1C2=C(C)C=C(C)C1C(C)=O. The summed E-state index contributed by atoms with van der Waals surface area (Å²) in [6, 6.07) is 0. The van der Waals surface area contributed by atoms with Crippen LogP contribution in [0, 0.1) is 23.2 Å². The first-order valence-electron chi connectivity index (χ1n) is 9.89. The monoisotopic (exact) mass is 371 g/mol. The van der Waals surface area contributed by atoms with E-state index in [0.29, 0.717) is 31.6 Å². The van der Waals surface area contributed by atoms with Crippen LogP contribution in [0.3, 0.4) is 0 Å². The van der Waals surface area contributed by atoms with E-state index in [4.69, 9.17) is 4.84 Å². The van der Waals surface area contributed by atoms with Crippen molar-refractivity contribution in [1.82, 2.24) is 0 Å². The lowest BCUT2D eigenvalue weighted by molar-refractivity contribution is -0.139. The third kappa shape index (κ3) is 3.11. The molecule has 2 unspecified atom stereocenters. The highest BCUT2D eigenvalue weighted by Gasteiger charge is 2.59. The van der Waals surface area contributed by atoms with Gasteiger partial charge in [-0.15, -0.1) is 0 Å². The number of nitrogens with zero attached hydrogens (tertiary/aromatic N) is 1. The van der Waals surface area contributed by atoms with Crippen molar-refractivity contribution in [1.29, 1.82) is 0 Å². The lowest BCUT2D eigenvalue weighted by Crippen LogP contribution is -2.54. The van der Waals surface area contributed by atoms with E-state index in [-0.39, 0.29) is 29.2 Å². The van der Waals surface area contributed by atoms with Crippen LogP contribution in [0.5, 0.6) is 0 Å². The van der Waals surface area contributed by atoms with Crippen molar-refractivity contribution in [3.63, 3.8) is 0 Å². The van der Waals surface area contributed by atoms with Gasteiger partial charge in [0.15, 0.2) is 0 Å². The molecule has 5 heteroatoms. The Morgan fingerprint density at radius 3 is 2.37 bits per heavy atom. The normalized spacial score (nSPS) is 33.6. The van der Waals surface area contributed by atoms with Gasteiger partial charge in [-0.2, -0.15) is 0 Å². The summed E-state index contributed by atoms with van der Waals surface area (Å²) >= 11 is 0. The maximum atomic E-state index is 13.0. The van der Waals surface area contributed by atoms with E-state index < -0.39 is 11.3 Å². The molecule has 0 radical (unpaired) electrons. The lowest BCUT2D eigenvalue weighted by Gasteiger charge is -2.57. The molecule has 0 aromatic heterocycles. The number of hydrogen-bond donors (Lipinski definition) is 0. The van der Waals surface area contributed by atoms with Crippen LogP contribution >= 0.6 is 0 Å². The molecule has 3 aliphatic carbocycles.